The fraction of sp³-hybridized carbons (Fsp3) is 0.294. The number of carbonyl (C=O) groups excluding carboxylic acids is 1. The number of nitro groups is 1. The summed E-state index contributed by atoms with van der Waals surface area (Å²) in [4.78, 5) is 30.5. The maximum atomic E-state index is 12.7. The van der Waals surface area contributed by atoms with Crippen LogP contribution in [0.15, 0.2) is 36.5 Å². The highest BCUT2D eigenvalue weighted by Gasteiger charge is 2.25. The van der Waals surface area contributed by atoms with Crippen molar-refractivity contribution < 1.29 is 19.2 Å². The summed E-state index contributed by atoms with van der Waals surface area (Å²) in [5, 5.41) is 10.7. The lowest BCUT2D eigenvalue weighted by Crippen LogP contribution is -2.48. The number of nitrogens with zero attached hydrogens (tertiary/aromatic N) is 4. The molecule has 4 rings (SSSR count). The standard InChI is InChI=1S/C17H16N4O5/c22-17(12-1-3-14-15(9-12)26-11-25-14)20-7-5-19(6-8-20)13-2-4-16(18-10-13)21(23)24/h1-4,9-10H,5-8,11H2. The molecule has 2 aliphatic rings. The van der Waals surface area contributed by atoms with Crippen molar-refractivity contribution in [2.75, 3.05) is 37.9 Å². The molecule has 2 aromatic rings. The molecule has 1 saturated heterocycles. The van der Waals surface area contributed by atoms with Crippen molar-refractivity contribution in [2.24, 2.45) is 0 Å². The molecular formula is C17H16N4O5. The van der Waals surface area contributed by atoms with Gasteiger partial charge in [-0.25, -0.2) is 0 Å². The van der Waals surface area contributed by atoms with Crippen LogP contribution < -0.4 is 14.4 Å². The van der Waals surface area contributed by atoms with E-state index in [0.29, 0.717) is 43.2 Å². The van der Waals surface area contributed by atoms with Gasteiger partial charge in [0.05, 0.1) is 5.69 Å². The molecule has 0 aliphatic carbocycles. The van der Waals surface area contributed by atoms with Gasteiger partial charge in [-0.3, -0.25) is 4.79 Å². The summed E-state index contributed by atoms with van der Waals surface area (Å²) in [5.41, 5.74) is 1.38. The minimum atomic E-state index is -0.522. The first-order valence-corrected chi connectivity index (χ1v) is 8.16. The highest BCUT2D eigenvalue weighted by molar-refractivity contribution is 5.95. The van der Waals surface area contributed by atoms with E-state index in [9.17, 15) is 14.9 Å². The average molecular weight is 356 g/mol. The van der Waals surface area contributed by atoms with E-state index in [2.05, 4.69) is 9.88 Å². The van der Waals surface area contributed by atoms with Crippen molar-refractivity contribution in [1.82, 2.24) is 9.88 Å². The third-order valence-electron chi connectivity index (χ3n) is 4.47. The van der Waals surface area contributed by atoms with E-state index < -0.39 is 4.92 Å². The molecule has 1 aromatic carbocycles. The van der Waals surface area contributed by atoms with E-state index in [4.69, 9.17) is 9.47 Å². The number of hydrogen-bond donors (Lipinski definition) is 0. The van der Waals surface area contributed by atoms with Crippen molar-refractivity contribution in [3.8, 4) is 11.5 Å². The van der Waals surface area contributed by atoms with E-state index in [-0.39, 0.29) is 18.5 Å². The van der Waals surface area contributed by atoms with Gasteiger partial charge in [-0.05, 0) is 34.2 Å². The number of piperazine rings is 1. The van der Waals surface area contributed by atoms with Crippen LogP contribution in [0.4, 0.5) is 11.5 Å². The molecule has 0 atom stereocenters. The zero-order chi connectivity index (χ0) is 18.1. The van der Waals surface area contributed by atoms with Crippen molar-refractivity contribution in [2.45, 2.75) is 0 Å². The van der Waals surface area contributed by atoms with Crippen molar-refractivity contribution >= 4 is 17.4 Å². The number of aromatic nitrogens is 1. The molecule has 9 heteroatoms. The number of hydrogen-bond acceptors (Lipinski definition) is 7. The van der Waals surface area contributed by atoms with Crippen molar-refractivity contribution in [3.05, 3.63) is 52.2 Å². The summed E-state index contributed by atoms with van der Waals surface area (Å²) in [6.07, 6.45) is 1.49. The molecule has 0 spiro atoms. The summed E-state index contributed by atoms with van der Waals surface area (Å²) in [5.74, 6) is 1.01. The zero-order valence-corrected chi connectivity index (χ0v) is 13.8. The molecule has 9 nitrogen and oxygen atoms in total. The van der Waals surface area contributed by atoms with Gasteiger partial charge in [-0.1, -0.05) is 0 Å². The average Bonchev–Trinajstić information content (AvgIpc) is 3.15. The molecule has 1 aromatic heterocycles. The van der Waals surface area contributed by atoms with Crippen molar-refractivity contribution in [1.29, 1.82) is 0 Å². The fourth-order valence-electron chi connectivity index (χ4n) is 3.05. The lowest BCUT2D eigenvalue weighted by molar-refractivity contribution is -0.389. The Balaban J connectivity index is 1.40. The van der Waals surface area contributed by atoms with Crippen molar-refractivity contribution in [3.63, 3.8) is 0 Å². The summed E-state index contributed by atoms with van der Waals surface area (Å²) >= 11 is 0. The van der Waals surface area contributed by atoms with Gasteiger partial charge in [0.15, 0.2) is 17.7 Å². The topological polar surface area (TPSA) is 98.0 Å². The zero-order valence-electron chi connectivity index (χ0n) is 13.8. The second-order valence-electron chi connectivity index (χ2n) is 5.98. The Kier molecular flexibility index (Phi) is 4.04. The highest BCUT2D eigenvalue weighted by atomic mass is 16.7. The van der Waals surface area contributed by atoms with Crippen LogP contribution in [0.3, 0.4) is 0 Å². The van der Waals surface area contributed by atoms with Crippen LogP contribution in [0.5, 0.6) is 11.5 Å². The molecule has 2 aliphatic heterocycles. The molecule has 26 heavy (non-hydrogen) atoms. The second-order valence-corrected chi connectivity index (χ2v) is 5.98. The molecule has 0 N–H and O–H groups in total. The number of ether oxygens (including phenoxy) is 2. The van der Waals surface area contributed by atoms with Crippen LogP contribution in [0.2, 0.25) is 0 Å². The van der Waals surface area contributed by atoms with Crippen LogP contribution in [0, 0.1) is 10.1 Å². The van der Waals surface area contributed by atoms with Gasteiger partial charge in [0, 0.05) is 37.8 Å². The van der Waals surface area contributed by atoms with Gasteiger partial charge in [0.1, 0.15) is 0 Å². The van der Waals surface area contributed by atoms with Gasteiger partial charge < -0.3 is 29.4 Å². The number of anilines is 1. The number of fused-ring (bicyclic) bond motifs is 1. The Bertz CT molecular complexity index is 847. The second kappa shape index (κ2) is 6.51. The Morgan fingerprint density at radius 3 is 2.54 bits per heavy atom. The molecule has 0 bridgehead atoms. The number of rotatable bonds is 3. The molecule has 0 saturated carbocycles. The predicted molar refractivity (Wildman–Crippen MR) is 91.6 cm³/mol. The summed E-state index contributed by atoms with van der Waals surface area (Å²) in [6, 6.07) is 8.26. The van der Waals surface area contributed by atoms with Crippen LogP contribution >= 0.6 is 0 Å². The first-order valence-electron chi connectivity index (χ1n) is 8.16. The van der Waals surface area contributed by atoms with Crippen LogP contribution in [-0.4, -0.2) is 53.7 Å². The molecule has 0 unspecified atom stereocenters. The Morgan fingerprint density at radius 2 is 1.85 bits per heavy atom. The van der Waals surface area contributed by atoms with E-state index in [0.717, 1.165) is 5.69 Å². The first kappa shape index (κ1) is 16.1. The number of carbonyl (C=O) groups is 1. The molecule has 0 radical (unpaired) electrons. The van der Waals surface area contributed by atoms with E-state index in [1.165, 1.54) is 12.3 Å². The summed E-state index contributed by atoms with van der Waals surface area (Å²) in [7, 11) is 0. The lowest BCUT2D eigenvalue weighted by atomic mass is 10.1. The molecule has 3 heterocycles. The van der Waals surface area contributed by atoms with Gasteiger partial charge in [-0.15, -0.1) is 0 Å². The van der Waals surface area contributed by atoms with Crippen LogP contribution in [-0.2, 0) is 0 Å². The molecule has 1 amide bonds. The minimum absolute atomic E-state index is 0.0511. The number of benzene rings is 1. The third-order valence-corrected chi connectivity index (χ3v) is 4.47. The van der Waals surface area contributed by atoms with E-state index in [1.807, 2.05) is 0 Å². The quantitative estimate of drug-likeness (QED) is 0.609. The Morgan fingerprint density at radius 1 is 1.08 bits per heavy atom. The number of amides is 1. The largest absolute Gasteiger partial charge is 0.454 e. The van der Waals surface area contributed by atoms with E-state index in [1.54, 1.807) is 29.2 Å². The maximum Gasteiger partial charge on any atom is 0.363 e. The van der Waals surface area contributed by atoms with Gasteiger partial charge in [0.25, 0.3) is 5.91 Å². The summed E-state index contributed by atoms with van der Waals surface area (Å²) in [6.45, 7) is 2.56. The van der Waals surface area contributed by atoms with Gasteiger partial charge >= 0.3 is 5.82 Å². The Hall–Kier alpha value is -3.36. The molecule has 134 valence electrons. The molecular weight excluding hydrogens is 340 g/mol. The first-order chi connectivity index (χ1) is 12.6. The van der Waals surface area contributed by atoms with Crippen LogP contribution in [0.1, 0.15) is 10.4 Å². The van der Waals surface area contributed by atoms with Crippen LogP contribution in [0.25, 0.3) is 0 Å². The SMILES string of the molecule is O=C(c1ccc2c(c1)OCO2)N1CCN(c2ccc([N+](=O)[O-])nc2)CC1. The monoisotopic (exact) mass is 356 g/mol. The minimum Gasteiger partial charge on any atom is -0.454 e. The highest BCUT2D eigenvalue weighted by Crippen LogP contribution is 2.33. The van der Waals surface area contributed by atoms with E-state index >= 15 is 0 Å². The third kappa shape index (κ3) is 2.99. The predicted octanol–water partition coefficient (Wildman–Crippen LogP) is 1.68. The van der Waals surface area contributed by atoms with Gasteiger partial charge in [0.2, 0.25) is 6.79 Å². The normalized spacial score (nSPS) is 15.8. The lowest BCUT2D eigenvalue weighted by Gasteiger charge is -2.35. The maximum absolute atomic E-state index is 12.7. The van der Waals surface area contributed by atoms with Gasteiger partial charge in [-0.2, -0.15) is 0 Å². The smallest absolute Gasteiger partial charge is 0.363 e. The Labute approximate surface area is 148 Å². The number of pyridine rings is 1. The fourth-order valence-corrected chi connectivity index (χ4v) is 3.05. The molecule has 1 fully saturated rings. The summed E-state index contributed by atoms with van der Waals surface area (Å²) < 4.78 is 10.6.